The molecule has 2 N–H and O–H groups in total. The van der Waals surface area contributed by atoms with Gasteiger partial charge in [0.25, 0.3) is 0 Å². The summed E-state index contributed by atoms with van der Waals surface area (Å²) in [5.74, 6) is -0.287. The fourth-order valence-electron chi connectivity index (χ4n) is 2.48. The van der Waals surface area contributed by atoms with E-state index < -0.39 is 22.1 Å². The second-order valence-corrected chi connectivity index (χ2v) is 8.20. The van der Waals surface area contributed by atoms with E-state index in [9.17, 15) is 26.4 Å². The second-order valence-electron chi connectivity index (χ2n) is 6.43. The van der Waals surface area contributed by atoms with Crippen molar-refractivity contribution in [1.82, 2.24) is 10.0 Å². The van der Waals surface area contributed by atoms with Gasteiger partial charge in [0, 0.05) is 26.6 Å². The van der Waals surface area contributed by atoms with Crippen LogP contribution in [0.2, 0.25) is 0 Å². The summed E-state index contributed by atoms with van der Waals surface area (Å²) in [5, 5.41) is 2.67. The fraction of sp³-hybridized carbons (Fsp3) is 0.350. The summed E-state index contributed by atoms with van der Waals surface area (Å²) in [6.45, 7) is 0.885. The Kier molecular flexibility index (Phi) is 9.29. The molecule has 8 nitrogen and oxygen atoms in total. The van der Waals surface area contributed by atoms with E-state index in [4.69, 9.17) is 9.47 Å². The number of carbonyl (C=O) groups excluding carboxylic acids is 1. The third-order valence-electron chi connectivity index (χ3n) is 3.96. The molecule has 1 amide bonds. The maximum atomic E-state index is 12.2. The van der Waals surface area contributed by atoms with Crippen LogP contribution in [0.1, 0.15) is 12.0 Å². The van der Waals surface area contributed by atoms with Crippen LogP contribution >= 0.6 is 0 Å². The summed E-state index contributed by atoms with van der Waals surface area (Å²) in [4.78, 5) is 11.7. The van der Waals surface area contributed by atoms with Crippen molar-refractivity contribution in [3.05, 3.63) is 54.1 Å². The summed E-state index contributed by atoms with van der Waals surface area (Å²) in [6.07, 6.45) is -5.00. The third kappa shape index (κ3) is 9.12. The summed E-state index contributed by atoms with van der Waals surface area (Å²) in [6, 6.07) is 10.9. The molecule has 2 aromatic carbocycles. The molecule has 0 saturated carbocycles. The highest BCUT2D eigenvalue weighted by atomic mass is 32.2. The van der Waals surface area contributed by atoms with E-state index in [-0.39, 0.29) is 30.3 Å². The van der Waals surface area contributed by atoms with Crippen LogP contribution in [0.3, 0.4) is 0 Å². The maximum Gasteiger partial charge on any atom is 0.573 e. The number of rotatable bonds is 12. The number of hydrogen-bond acceptors (Lipinski definition) is 6. The number of ether oxygens (including phenoxy) is 3. The van der Waals surface area contributed by atoms with Crippen LogP contribution in [0.5, 0.6) is 11.5 Å². The van der Waals surface area contributed by atoms with Crippen LogP contribution < -0.4 is 19.5 Å². The minimum Gasteiger partial charge on any atom is -0.491 e. The fourth-order valence-corrected chi connectivity index (χ4v) is 3.51. The van der Waals surface area contributed by atoms with Gasteiger partial charge in [0.15, 0.2) is 0 Å². The largest absolute Gasteiger partial charge is 0.573 e. The van der Waals surface area contributed by atoms with Gasteiger partial charge in [-0.2, -0.15) is 0 Å². The van der Waals surface area contributed by atoms with Crippen LogP contribution in [0.25, 0.3) is 0 Å². The van der Waals surface area contributed by atoms with Gasteiger partial charge >= 0.3 is 6.36 Å². The average Bonchev–Trinajstić information content (AvgIpc) is 2.72. The zero-order valence-electron chi connectivity index (χ0n) is 17.1. The smallest absolute Gasteiger partial charge is 0.491 e. The highest BCUT2D eigenvalue weighted by molar-refractivity contribution is 7.89. The van der Waals surface area contributed by atoms with E-state index in [0.29, 0.717) is 19.0 Å². The summed E-state index contributed by atoms with van der Waals surface area (Å²) < 4.78 is 77.2. The molecule has 0 atom stereocenters. The second kappa shape index (κ2) is 11.7. The van der Waals surface area contributed by atoms with Crippen LogP contribution in [-0.2, 0) is 26.1 Å². The summed E-state index contributed by atoms with van der Waals surface area (Å²) in [5.41, 5.74) is 0.801. The number of sulfonamides is 1. The Morgan fingerprint density at radius 2 is 1.75 bits per heavy atom. The SMILES string of the molecule is COCCOc1cccc(CNC(=O)CCNS(=O)(=O)c2ccc(OC(F)(F)F)cc2)c1. The monoisotopic (exact) mass is 476 g/mol. The number of carbonyl (C=O) groups is 1. The molecule has 0 aliphatic rings. The standard InChI is InChI=1S/C20H23F3N2O6S/c1-29-11-12-30-17-4-2-3-15(13-17)14-24-19(26)9-10-25-32(27,28)18-7-5-16(6-8-18)31-20(21,22)23/h2-8,13,25H,9-12,14H2,1H3,(H,24,26). The van der Waals surface area contributed by atoms with Gasteiger partial charge in [-0.1, -0.05) is 12.1 Å². The highest BCUT2D eigenvalue weighted by Crippen LogP contribution is 2.23. The molecule has 0 spiro atoms. The number of halogens is 3. The van der Waals surface area contributed by atoms with Crippen molar-refractivity contribution < 1.29 is 40.6 Å². The minimum atomic E-state index is -4.87. The minimum absolute atomic E-state index is 0.126. The molecular weight excluding hydrogens is 453 g/mol. The lowest BCUT2D eigenvalue weighted by Crippen LogP contribution is -2.30. The van der Waals surface area contributed by atoms with E-state index >= 15 is 0 Å². The first-order valence-corrected chi connectivity index (χ1v) is 10.9. The number of nitrogens with one attached hydrogen (secondary N) is 2. The molecule has 0 aliphatic heterocycles. The highest BCUT2D eigenvalue weighted by Gasteiger charge is 2.31. The molecular formula is C20H23F3N2O6S. The quantitative estimate of drug-likeness (QED) is 0.457. The van der Waals surface area contributed by atoms with Gasteiger partial charge in [-0.25, -0.2) is 13.1 Å². The Morgan fingerprint density at radius 1 is 1.03 bits per heavy atom. The van der Waals surface area contributed by atoms with Crippen LogP contribution in [0, 0.1) is 0 Å². The third-order valence-corrected chi connectivity index (χ3v) is 5.43. The zero-order valence-corrected chi connectivity index (χ0v) is 18.0. The van der Waals surface area contributed by atoms with Crippen LogP contribution in [-0.4, -0.2) is 47.6 Å². The van der Waals surface area contributed by atoms with Gasteiger partial charge in [0.1, 0.15) is 18.1 Å². The Morgan fingerprint density at radius 3 is 2.41 bits per heavy atom. The first-order chi connectivity index (χ1) is 15.1. The van der Waals surface area contributed by atoms with E-state index in [1.165, 1.54) is 0 Å². The number of amides is 1. The van der Waals surface area contributed by atoms with Gasteiger partial charge in [-0.05, 0) is 42.0 Å². The Bertz CT molecular complexity index is 982. The topological polar surface area (TPSA) is 103 Å². The van der Waals surface area contributed by atoms with Crippen molar-refractivity contribution in [2.24, 2.45) is 0 Å². The summed E-state index contributed by atoms with van der Waals surface area (Å²) in [7, 11) is -2.43. The number of alkyl halides is 3. The molecule has 0 aromatic heterocycles. The van der Waals surface area contributed by atoms with Gasteiger partial charge in [-0.3, -0.25) is 4.79 Å². The lowest BCUT2D eigenvalue weighted by Gasteiger charge is -2.11. The normalized spacial score (nSPS) is 11.8. The molecule has 32 heavy (non-hydrogen) atoms. The maximum absolute atomic E-state index is 12.2. The van der Waals surface area contributed by atoms with Crippen molar-refractivity contribution in [3.8, 4) is 11.5 Å². The van der Waals surface area contributed by atoms with Crippen LogP contribution in [0.15, 0.2) is 53.4 Å². The first-order valence-electron chi connectivity index (χ1n) is 9.42. The number of methoxy groups -OCH3 is 1. The zero-order chi connectivity index (χ0) is 23.6. The van der Waals surface area contributed by atoms with Crippen molar-refractivity contribution in [2.75, 3.05) is 26.9 Å². The molecule has 0 aliphatic carbocycles. The van der Waals surface area contributed by atoms with Gasteiger partial charge < -0.3 is 19.5 Å². The Balaban J connectivity index is 1.78. The van der Waals surface area contributed by atoms with Gasteiger partial charge in [0.2, 0.25) is 15.9 Å². The van der Waals surface area contributed by atoms with Gasteiger partial charge in [-0.15, -0.1) is 13.2 Å². The van der Waals surface area contributed by atoms with E-state index in [0.717, 1.165) is 29.8 Å². The van der Waals surface area contributed by atoms with E-state index in [1.807, 2.05) is 0 Å². The molecule has 176 valence electrons. The molecule has 0 unspecified atom stereocenters. The van der Waals surface area contributed by atoms with Gasteiger partial charge in [0.05, 0.1) is 11.5 Å². The van der Waals surface area contributed by atoms with Crippen molar-refractivity contribution in [2.45, 2.75) is 24.2 Å². The number of benzene rings is 2. The summed E-state index contributed by atoms with van der Waals surface area (Å²) >= 11 is 0. The molecule has 0 bridgehead atoms. The van der Waals surface area contributed by atoms with Crippen molar-refractivity contribution in [1.29, 1.82) is 0 Å². The predicted octanol–water partition coefficient (Wildman–Crippen LogP) is 2.60. The molecule has 0 fully saturated rings. The average molecular weight is 476 g/mol. The van der Waals surface area contributed by atoms with Crippen molar-refractivity contribution >= 4 is 15.9 Å². The molecule has 0 heterocycles. The molecule has 12 heteroatoms. The number of hydrogen-bond donors (Lipinski definition) is 2. The molecule has 2 aromatic rings. The van der Waals surface area contributed by atoms with Crippen LogP contribution in [0.4, 0.5) is 13.2 Å². The lowest BCUT2D eigenvalue weighted by atomic mass is 10.2. The molecule has 2 rings (SSSR count). The Hall–Kier alpha value is -2.83. The first kappa shape index (κ1) is 25.4. The lowest BCUT2D eigenvalue weighted by molar-refractivity contribution is -0.274. The molecule has 0 radical (unpaired) electrons. The molecule has 0 saturated heterocycles. The Labute approximate surface area is 183 Å². The predicted molar refractivity (Wildman–Crippen MR) is 109 cm³/mol. The van der Waals surface area contributed by atoms with E-state index in [1.54, 1.807) is 31.4 Å². The van der Waals surface area contributed by atoms with Crippen molar-refractivity contribution in [3.63, 3.8) is 0 Å². The van der Waals surface area contributed by atoms with E-state index in [2.05, 4.69) is 14.8 Å².